The third-order valence-corrected chi connectivity index (χ3v) is 2.15. The monoisotopic (exact) mass is 254 g/mol. The maximum Gasteiger partial charge on any atom is 0.152 e. The maximum atomic E-state index is 5.54. The summed E-state index contributed by atoms with van der Waals surface area (Å²) in [5.41, 5.74) is 1.07. The molecule has 0 spiro atoms. The molecule has 2 nitrogen and oxygen atoms in total. The van der Waals surface area contributed by atoms with Gasteiger partial charge in [-0.1, -0.05) is 11.6 Å². The Bertz CT molecular complexity index is 226. The first-order valence-electron chi connectivity index (χ1n) is 2.35. The van der Waals surface area contributed by atoms with E-state index in [1.807, 2.05) is 6.92 Å². The second kappa shape index (κ2) is 2.79. The summed E-state index contributed by atoms with van der Waals surface area (Å²) in [6.45, 7) is 1.95. The molecule has 0 aliphatic carbocycles. The van der Waals surface area contributed by atoms with Crippen molar-refractivity contribution >= 4 is 34.2 Å². The van der Waals surface area contributed by atoms with Crippen LogP contribution in [0.15, 0.2) is 6.07 Å². The van der Waals surface area contributed by atoms with E-state index < -0.39 is 0 Å². The molecular formula is C5H4ClIN2. The van der Waals surface area contributed by atoms with Crippen LogP contribution in [0.2, 0.25) is 5.15 Å². The molecule has 0 saturated heterocycles. The first-order chi connectivity index (χ1) is 4.20. The number of hydrogen-bond donors (Lipinski definition) is 0. The van der Waals surface area contributed by atoms with Crippen molar-refractivity contribution in [2.75, 3.05) is 0 Å². The zero-order valence-electron chi connectivity index (χ0n) is 4.73. The minimum absolute atomic E-state index is 0.452. The Hall–Kier alpha value is 0.100. The highest BCUT2D eigenvalue weighted by molar-refractivity contribution is 14.1. The molecule has 0 aliphatic rings. The van der Waals surface area contributed by atoms with Gasteiger partial charge in [-0.3, -0.25) is 0 Å². The van der Waals surface area contributed by atoms with E-state index in [-0.39, 0.29) is 0 Å². The predicted octanol–water partition coefficient (Wildman–Crippen LogP) is 2.04. The molecule has 0 unspecified atom stereocenters. The molecule has 1 aromatic rings. The van der Waals surface area contributed by atoms with E-state index >= 15 is 0 Å². The van der Waals surface area contributed by atoms with Crippen LogP contribution in [0.25, 0.3) is 0 Å². The minimum Gasteiger partial charge on any atom is -0.143 e. The van der Waals surface area contributed by atoms with Crippen LogP contribution in [0.3, 0.4) is 0 Å². The van der Waals surface area contributed by atoms with E-state index in [0.717, 1.165) is 9.26 Å². The highest BCUT2D eigenvalue weighted by Crippen LogP contribution is 2.10. The van der Waals surface area contributed by atoms with E-state index in [0.29, 0.717) is 5.15 Å². The van der Waals surface area contributed by atoms with Crippen molar-refractivity contribution in [3.8, 4) is 0 Å². The van der Waals surface area contributed by atoms with Crippen molar-refractivity contribution in [2.24, 2.45) is 0 Å². The minimum atomic E-state index is 0.452. The lowest BCUT2D eigenvalue weighted by Gasteiger charge is -1.92. The van der Waals surface area contributed by atoms with E-state index in [9.17, 15) is 0 Å². The van der Waals surface area contributed by atoms with Crippen LogP contribution < -0.4 is 0 Å². The standard InChI is InChI=1S/C5H4ClIN2/c1-3-2-4(6)8-9-5(3)7/h2H,1H3. The largest absolute Gasteiger partial charge is 0.152 e. The number of aromatic nitrogens is 2. The van der Waals surface area contributed by atoms with Crippen LogP contribution in [0.4, 0.5) is 0 Å². The molecule has 1 rings (SSSR count). The first-order valence-corrected chi connectivity index (χ1v) is 3.81. The molecule has 48 valence electrons. The van der Waals surface area contributed by atoms with E-state index in [1.165, 1.54) is 0 Å². The van der Waals surface area contributed by atoms with Gasteiger partial charge in [0.15, 0.2) is 5.15 Å². The quantitative estimate of drug-likeness (QED) is 0.662. The molecule has 0 atom stereocenters. The highest BCUT2D eigenvalue weighted by Gasteiger charge is 1.95. The number of aryl methyl sites for hydroxylation is 1. The summed E-state index contributed by atoms with van der Waals surface area (Å²) in [6, 6.07) is 1.79. The van der Waals surface area contributed by atoms with Gasteiger partial charge in [0.1, 0.15) is 3.70 Å². The molecular weight excluding hydrogens is 250 g/mol. The summed E-state index contributed by atoms with van der Waals surface area (Å²) in [5.74, 6) is 0. The Balaban J connectivity index is 3.17. The number of hydrogen-bond acceptors (Lipinski definition) is 2. The Kier molecular flexibility index (Phi) is 2.23. The molecule has 0 aromatic carbocycles. The van der Waals surface area contributed by atoms with Gasteiger partial charge in [-0.15, -0.1) is 10.2 Å². The normalized spacial score (nSPS) is 9.67. The van der Waals surface area contributed by atoms with E-state index in [4.69, 9.17) is 11.6 Å². The molecule has 0 bridgehead atoms. The third kappa shape index (κ3) is 1.76. The molecule has 1 heterocycles. The van der Waals surface area contributed by atoms with Crippen molar-refractivity contribution in [3.63, 3.8) is 0 Å². The predicted molar refractivity (Wildman–Crippen MR) is 44.5 cm³/mol. The summed E-state index contributed by atoms with van der Waals surface area (Å²) < 4.78 is 0.900. The molecule has 4 heteroatoms. The van der Waals surface area contributed by atoms with Gasteiger partial charge in [-0.2, -0.15) is 0 Å². The Morgan fingerprint density at radius 3 is 2.67 bits per heavy atom. The maximum absolute atomic E-state index is 5.54. The lowest BCUT2D eigenvalue weighted by atomic mass is 10.4. The fraction of sp³-hybridized carbons (Fsp3) is 0.200. The smallest absolute Gasteiger partial charge is 0.143 e. The molecule has 0 radical (unpaired) electrons. The Labute approximate surface area is 71.8 Å². The van der Waals surface area contributed by atoms with Gasteiger partial charge in [0.05, 0.1) is 0 Å². The van der Waals surface area contributed by atoms with Crippen molar-refractivity contribution in [3.05, 3.63) is 20.5 Å². The van der Waals surface area contributed by atoms with Crippen LogP contribution in [0, 0.1) is 10.6 Å². The van der Waals surface area contributed by atoms with Gasteiger partial charge >= 0.3 is 0 Å². The molecule has 0 fully saturated rings. The highest BCUT2D eigenvalue weighted by atomic mass is 127. The summed E-state index contributed by atoms with van der Waals surface area (Å²) in [5, 5.41) is 7.88. The average Bonchev–Trinajstić information content (AvgIpc) is 1.80. The molecule has 0 saturated carbocycles. The fourth-order valence-electron chi connectivity index (χ4n) is 0.438. The van der Waals surface area contributed by atoms with Crippen molar-refractivity contribution in [2.45, 2.75) is 6.92 Å². The second-order valence-electron chi connectivity index (χ2n) is 1.64. The van der Waals surface area contributed by atoms with Crippen LogP contribution in [0.5, 0.6) is 0 Å². The Morgan fingerprint density at radius 2 is 2.22 bits per heavy atom. The van der Waals surface area contributed by atoms with Crippen LogP contribution >= 0.6 is 34.2 Å². The lowest BCUT2D eigenvalue weighted by Crippen LogP contribution is -1.89. The molecule has 0 N–H and O–H groups in total. The summed E-state index contributed by atoms with van der Waals surface area (Å²) in [6.07, 6.45) is 0. The topological polar surface area (TPSA) is 25.8 Å². The number of rotatable bonds is 0. The van der Waals surface area contributed by atoms with Gasteiger partial charge in [-0.25, -0.2) is 0 Å². The third-order valence-electron chi connectivity index (χ3n) is 0.894. The zero-order chi connectivity index (χ0) is 6.85. The average molecular weight is 254 g/mol. The Morgan fingerprint density at radius 1 is 1.56 bits per heavy atom. The zero-order valence-corrected chi connectivity index (χ0v) is 7.64. The van der Waals surface area contributed by atoms with Crippen molar-refractivity contribution in [1.82, 2.24) is 10.2 Å². The van der Waals surface area contributed by atoms with E-state index in [1.54, 1.807) is 6.07 Å². The van der Waals surface area contributed by atoms with Crippen molar-refractivity contribution in [1.29, 1.82) is 0 Å². The van der Waals surface area contributed by atoms with Crippen LogP contribution in [0.1, 0.15) is 5.56 Å². The SMILES string of the molecule is Cc1cc(Cl)nnc1I. The van der Waals surface area contributed by atoms with Gasteiger partial charge in [-0.05, 0) is 41.1 Å². The van der Waals surface area contributed by atoms with Crippen LogP contribution in [-0.4, -0.2) is 10.2 Å². The summed E-state index contributed by atoms with van der Waals surface area (Å²) in [7, 11) is 0. The van der Waals surface area contributed by atoms with Gasteiger partial charge in [0.2, 0.25) is 0 Å². The second-order valence-corrected chi connectivity index (χ2v) is 3.05. The van der Waals surface area contributed by atoms with Gasteiger partial charge in [0, 0.05) is 0 Å². The van der Waals surface area contributed by atoms with Gasteiger partial charge in [0.25, 0.3) is 0 Å². The molecule has 0 amide bonds. The summed E-state index contributed by atoms with van der Waals surface area (Å²) in [4.78, 5) is 0. The van der Waals surface area contributed by atoms with E-state index in [2.05, 4.69) is 32.8 Å². The van der Waals surface area contributed by atoms with Gasteiger partial charge < -0.3 is 0 Å². The number of halogens is 2. The number of nitrogens with zero attached hydrogens (tertiary/aromatic N) is 2. The summed E-state index contributed by atoms with van der Waals surface area (Å²) >= 11 is 7.65. The van der Waals surface area contributed by atoms with Crippen LogP contribution in [-0.2, 0) is 0 Å². The molecule has 1 aromatic heterocycles. The molecule has 0 aliphatic heterocycles. The lowest BCUT2D eigenvalue weighted by molar-refractivity contribution is 0.984. The van der Waals surface area contributed by atoms with Crippen molar-refractivity contribution < 1.29 is 0 Å². The fourth-order valence-corrected chi connectivity index (χ4v) is 0.903. The molecule has 9 heavy (non-hydrogen) atoms. The first kappa shape index (κ1) is 7.21.